The number of nitrogens with one attached hydrogen (secondary N) is 1. The lowest BCUT2D eigenvalue weighted by atomic mass is 9.96. The highest BCUT2D eigenvalue weighted by atomic mass is 32.2. The van der Waals surface area contributed by atoms with Gasteiger partial charge in [-0.25, -0.2) is 13.4 Å². The summed E-state index contributed by atoms with van der Waals surface area (Å²) in [6.07, 6.45) is 5.83. The molecule has 1 aromatic heterocycles. The molecule has 1 saturated carbocycles. The van der Waals surface area contributed by atoms with E-state index in [0.29, 0.717) is 42.9 Å². The standard InChI is InChI=1S/C27H34N4O3S/c1-2-16-31-24-11-10-22(35(33,34)30-17-6-7-18-30)19-23(24)29-25(31)12-13-26(32)28-20-27(14-15-27)21-8-4-3-5-9-21/h3-5,8-11,19H,2,6-7,12-18,20H2,1H3,(H,28,32). The van der Waals surface area contributed by atoms with Gasteiger partial charge in [-0.2, -0.15) is 4.31 Å². The van der Waals surface area contributed by atoms with Crippen LogP contribution in [0.15, 0.2) is 53.4 Å². The number of imidazole rings is 1. The number of aromatic nitrogens is 2. The number of fused-ring (bicyclic) bond motifs is 1. The quantitative estimate of drug-likeness (QED) is 0.462. The Morgan fingerprint density at radius 2 is 1.83 bits per heavy atom. The summed E-state index contributed by atoms with van der Waals surface area (Å²) in [4.78, 5) is 17.8. The van der Waals surface area contributed by atoms with E-state index in [2.05, 4.69) is 41.1 Å². The van der Waals surface area contributed by atoms with E-state index >= 15 is 0 Å². The van der Waals surface area contributed by atoms with Gasteiger partial charge in [0.05, 0.1) is 15.9 Å². The lowest BCUT2D eigenvalue weighted by molar-refractivity contribution is -0.121. The van der Waals surface area contributed by atoms with Crippen LogP contribution in [0, 0.1) is 0 Å². The lowest BCUT2D eigenvalue weighted by Crippen LogP contribution is -2.32. The summed E-state index contributed by atoms with van der Waals surface area (Å²) in [5.74, 6) is 0.858. The van der Waals surface area contributed by atoms with Crippen LogP contribution in [0.5, 0.6) is 0 Å². The molecule has 0 bridgehead atoms. The summed E-state index contributed by atoms with van der Waals surface area (Å²) >= 11 is 0. The van der Waals surface area contributed by atoms with Crippen molar-refractivity contribution in [3.63, 3.8) is 0 Å². The zero-order valence-corrected chi connectivity index (χ0v) is 21.2. The number of carbonyl (C=O) groups excluding carboxylic acids is 1. The minimum Gasteiger partial charge on any atom is -0.355 e. The zero-order chi connectivity index (χ0) is 24.5. The van der Waals surface area contributed by atoms with Crippen LogP contribution in [0.1, 0.15) is 56.8 Å². The monoisotopic (exact) mass is 494 g/mol. The fourth-order valence-electron chi connectivity index (χ4n) is 5.15. The molecule has 2 aliphatic rings. The highest BCUT2D eigenvalue weighted by Crippen LogP contribution is 2.47. The Morgan fingerprint density at radius 3 is 2.51 bits per heavy atom. The molecule has 1 aliphatic carbocycles. The number of carbonyl (C=O) groups is 1. The summed E-state index contributed by atoms with van der Waals surface area (Å²) in [7, 11) is -3.49. The van der Waals surface area contributed by atoms with Crippen molar-refractivity contribution in [3.05, 3.63) is 59.9 Å². The molecule has 1 saturated heterocycles. The van der Waals surface area contributed by atoms with Crippen molar-refractivity contribution < 1.29 is 13.2 Å². The Morgan fingerprint density at radius 1 is 1.09 bits per heavy atom. The summed E-state index contributed by atoms with van der Waals surface area (Å²) < 4.78 is 29.7. The van der Waals surface area contributed by atoms with Crippen LogP contribution in [0.2, 0.25) is 0 Å². The van der Waals surface area contributed by atoms with Gasteiger partial charge >= 0.3 is 0 Å². The fraction of sp³-hybridized carbons (Fsp3) is 0.481. The summed E-state index contributed by atoms with van der Waals surface area (Å²) in [5.41, 5.74) is 2.98. The summed E-state index contributed by atoms with van der Waals surface area (Å²) in [6, 6.07) is 15.7. The van der Waals surface area contributed by atoms with Crippen molar-refractivity contribution in [1.29, 1.82) is 0 Å². The minimum absolute atomic E-state index is 0.0274. The second kappa shape index (κ2) is 9.74. The third-order valence-electron chi connectivity index (χ3n) is 7.39. The zero-order valence-electron chi connectivity index (χ0n) is 20.4. The minimum atomic E-state index is -3.49. The SMILES string of the molecule is CCCn1c(CCC(=O)NCC2(c3ccccc3)CC2)nc2cc(S(=O)(=O)N3CCCC3)ccc21. The first-order valence-electron chi connectivity index (χ1n) is 12.7. The first kappa shape index (κ1) is 24.0. The van der Waals surface area contributed by atoms with Crippen LogP contribution in [-0.4, -0.2) is 47.8 Å². The van der Waals surface area contributed by atoms with Crippen molar-refractivity contribution in [2.75, 3.05) is 19.6 Å². The molecule has 1 aliphatic heterocycles. The molecule has 0 spiro atoms. The molecule has 0 radical (unpaired) electrons. The maximum Gasteiger partial charge on any atom is 0.243 e. The predicted octanol–water partition coefficient (Wildman–Crippen LogP) is 4.01. The number of hydrogen-bond donors (Lipinski definition) is 1. The van der Waals surface area contributed by atoms with Crippen molar-refractivity contribution in [3.8, 4) is 0 Å². The van der Waals surface area contributed by atoms with Gasteiger partial charge in [-0.3, -0.25) is 4.79 Å². The van der Waals surface area contributed by atoms with Crippen molar-refractivity contribution in [2.45, 2.75) is 68.7 Å². The highest BCUT2D eigenvalue weighted by Gasteiger charge is 2.44. The number of sulfonamides is 1. The third-order valence-corrected chi connectivity index (χ3v) is 9.28. The van der Waals surface area contributed by atoms with Crippen LogP contribution in [0.4, 0.5) is 0 Å². The molecule has 2 aromatic carbocycles. The molecular weight excluding hydrogens is 460 g/mol. The molecule has 35 heavy (non-hydrogen) atoms. The third kappa shape index (κ3) is 4.86. The van der Waals surface area contributed by atoms with E-state index < -0.39 is 10.0 Å². The molecule has 1 N–H and O–H groups in total. The van der Waals surface area contributed by atoms with Gasteiger partial charge in [0.2, 0.25) is 15.9 Å². The van der Waals surface area contributed by atoms with E-state index in [9.17, 15) is 13.2 Å². The molecule has 0 unspecified atom stereocenters. The van der Waals surface area contributed by atoms with E-state index in [1.807, 2.05) is 12.1 Å². The van der Waals surface area contributed by atoms with Crippen LogP contribution < -0.4 is 5.32 Å². The van der Waals surface area contributed by atoms with E-state index in [4.69, 9.17) is 4.98 Å². The Kier molecular flexibility index (Phi) is 6.68. The molecule has 1 amide bonds. The topological polar surface area (TPSA) is 84.3 Å². The van der Waals surface area contributed by atoms with Crippen LogP contribution in [-0.2, 0) is 33.2 Å². The molecule has 7 nitrogen and oxygen atoms in total. The number of nitrogens with zero attached hydrogens (tertiary/aromatic N) is 3. The van der Waals surface area contributed by atoms with E-state index in [0.717, 1.165) is 50.0 Å². The Hall–Kier alpha value is -2.71. The van der Waals surface area contributed by atoms with Crippen LogP contribution >= 0.6 is 0 Å². The molecule has 2 heterocycles. The van der Waals surface area contributed by atoms with E-state index in [1.165, 1.54) is 5.56 Å². The molecule has 2 fully saturated rings. The largest absolute Gasteiger partial charge is 0.355 e. The second-order valence-electron chi connectivity index (χ2n) is 9.86. The molecule has 0 atom stereocenters. The first-order valence-corrected chi connectivity index (χ1v) is 14.2. The Balaban J connectivity index is 1.28. The average molecular weight is 495 g/mol. The number of amides is 1. The first-order chi connectivity index (χ1) is 16.9. The van der Waals surface area contributed by atoms with Gasteiger partial charge in [-0.15, -0.1) is 0 Å². The van der Waals surface area contributed by atoms with Crippen molar-refractivity contribution in [2.24, 2.45) is 0 Å². The maximum absolute atomic E-state index is 13.0. The van der Waals surface area contributed by atoms with Gasteiger partial charge in [0.1, 0.15) is 5.82 Å². The fourth-order valence-corrected chi connectivity index (χ4v) is 6.69. The van der Waals surface area contributed by atoms with Gasteiger partial charge in [0.15, 0.2) is 0 Å². The average Bonchev–Trinajstić information content (AvgIpc) is 3.29. The van der Waals surface area contributed by atoms with Gasteiger partial charge in [0, 0.05) is 44.4 Å². The lowest BCUT2D eigenvalue weighted by Gasteiger charge is -2.16. The van der Waals surface area contributed by atoms with E-state index in [-0.39, 0.29) is 11.3 Å². The number of aryl methyl sites for hydroxylation is 2. The number of benzene rings is 2. The molecule has 3 aromatic rings. The Bertz CT molecular complexity index is 1310. The molecule has 5 rings (SSSR count). The molecule has 8 heteroatoms. The molecule has 186 valence electrons. The maximum atomic E-state index is 13.0. The van der Waals surface area contributed by atoms with Crippen molar-refractivity contribution in [1.82, 2.24) is 19.2 Å². The van der Waals surface area contributed by atoms with Gasteiger partial charge in [0.25, 0.3) is 0 Å². The van der Waals surface area contributed by atoms with Crippen LogP contribution in [0.3, 0.4) is 0 Å². The summed E-state index contributed by atoms with van der Waals surface area (Å²) in [5, 5.41) is 3.14. The van der Waals surface area contributed by atoms with Gasteiger partial charge < -0.3 is 9.88 Å². The molecular formula is C27H34N4O3S. The Labute approximate surface area is 207 Å². The van der Waals surface area contributed by atoms with Gasteiger partial charge in [-0.1, -0.05) is 37.3 Å². The number of hydrogen-bond acceptors (Lipinski definition) is 4. The normalized spacial score (nSPS) is 17.6. The van der Waals surface area contributed by atoms with Crippen molar-refractivity contribution >= 4 is 27.0 Å². The summed E-state index contributed by atoms with van der Waals surface area (Å²) in [6.45, 7) is 4.71. The highest BCUT2D eigenvalue weighted by molar-refractivity contribution is 7.89. The second-order valence-corrected chi connectivity index (χ2v) is 11.8. The smallest absolute Gasteiger partial charge is 0.243 e. The van der Waals surface area contributed by atoms with Crippen LogP contribution in [0.25, 0.3) is 11.0 Å². The van der Waals surface area contributed by atoms with Gasteiger partial charge in [-0.05, 0) is 55.9 Å². The number of rotatable bonds is 10. The van der Waals surface area contributed by atoms with E-state index in [1.54, 1.807) is 16.4 Å². The predicted molar refractivity (Wildman–Crippen MR) is 137 cm³/mol.